The highest BCUT2D eigenvalue weighted by atomic mass is 16.2. The molecule has 2 aliphatic rings. The quantitative estimate of drug-likeness (QED) is 0.636. The molecule has 2 saturated carbocycles. The van der Waals surface area contributed by atoms with Crippen molar-refractivity contribution in [2.75, 3.05) is 13.1 Å². The van der Waals surface area contributed by atoms with Crippen molar-refractivity contribution in [3.05, 3.63) is 0 Å². The van der Waals surface area contributed by atoms with Gasteiger partial charge in [0.15, 0.2) is 0 Å². The van der Waals surface area contributed by atoms with Gasteiger partial charge in [0.05, 0.1) is 6.54 Å². The second-order valence-electron chi connectivity index (χ2n) is 5.63. The highest BCUT2D eigenvalue weighted by Gasteiger charge is 2.39. The van der Waals surface area contributed by atoms with Crippen molar-refractivity contribution in [1.29, 1.82) is 0 Å². The molecule has 2 fully saturated rings. The van der Waals surface area contributed by atoms with E-state index < -0.39 is 11.4 Å². The highest BCUT2D eigenvalue weighted by molar-refractivity contribution is 5.91. The third-order valence-corrected chi connectivity index (χ3v) is 3.97. The van der Waals surface area contributed by atoms with Crippen molar-refractivity contribution in [1.82, 2.24) is 10.6 Å². The first-order valence-corrected chi connectivity index (χ1v) is 6.94. The summed E-state index contributed by atoms with van der Waals surface area (Å²) in [6.45, 7) is 1.18. The molecule has 2 aliphatic carbocycles. The third kappa shape index (κ3) is 3.45. The number of nitrogens with one attached hydrogen (secondary N) is 2. The molecule has 5 heteroatoms. The van der Waals surface area contributed by atoms with Crippen molar-refractivity contribution in [2.45, 2.75) is 50.5 Å². The molecule has 0 aliphatic heterocycles. The van der Waals surface area contributed by atoms with Crippen molar-refractivity contribution < 1.29 is 9.59 Å². The Bertz CT molecular complexity index is 320. The van der Waals surface area contributed by atoms with E-state index in [0.717, 1.165) is 31.7 Å². The van der Waals surface area contributed by atoms with Crippen LogP contribution in [0.3, 0.4) is 0 Å². The molecule has 0 saturated heterocycles. The van der Waals surface area contributed by atoms with Crippen LogP contribution in [0.1, 0.15) is 44.9 Å². The predicted octanol–water partition coefficient (Wildman–Crippen LogP) is 0.290. The van der Waals surface area contributed by atoms with Crippen LogP contribution in [0.5, 0.6) is 0 Å². The van der Waals surface area contributed by atoms with Gasteiger partial charge >= 0.3 is 0 Å². The van der Waals surface area contributed by atoms with Gasteiger partial charge in [-0.3, -0.25) is 9.59 Å². The first-order valence-electron chi connectivity index (χ1n) is 6.94. The fourth-order valence-electron chi connectivity index (χ4n) is 2.61. The molecule has 0 spiro atoms. The molecule has 102 valence electrons. The van der Waals surface area contributed by atoms with Crippen molar-refractivity contribution in [3.63, 3.8) is 0 Å². The maximum absolute atomic E-state index is 11.8. The van der Waals surface area contributed by atoms with Crippen molar-refractivity contribution >= 4 is 11.8 Å². The summed E-state index contributed by atoms with van der Waals surface area (Å²) in [5.74, 6) is 0.242. The maximum Gasteiger partial charge on any atom is 0.243 e. The summed E-state index contributed by atoms with van der Waals surface area (Å²) in [6.07, 6.45) is 6.91. The molecule has 0 heterocycles. The van der Waals surface area contributed by atoms with Gasteiger partial charge in [0.1, 0.15) is 5.54 Å². The third-order valence-electron chi connectivity index (χ3n) is 3.97. The molecule has 0 atom stereocenters. The van der Waals surface area contributed by atoms with Gasteiger partial charge in [-0.05, 0) is 38.1 Å². The lowest BCUT2D eigenvalue weighted by molar-refractivity contribution is -0.132. The highest BCUT2D eigenvalue weighted by Crippen LogP contribution is 2.28. The molecular weight excluding hydrogens is 230 g/mol. The summed E-state index contributed by atoms with van der Waals surface area (Å²) in [6, 6.07) is 0. The zero-order chi connectivity index (χ0) is 13.0. The second-order valence-corrected chi connectivity index (χ2v) is 5.63. The van der Waals surface area contributed by atoms with E-state index in [-0.39, 0.29) is 12.5 Å². The van der Waals surface area contributed by atoms with Gasteiger partial charge < -0.3 is 16.4 Å². The molecule has 18 heavy (non-hydrogen) atoms. The maximum atomic E-state index is 11.8. The Kier molecular flexibility index (Phi) is 4.22. The topological polar surface area (TPSA) is 84.2 Å². The summed E-state index contributed by atoms with van der Waals surface area (Å²) in [5.41, 5.74) is 4.67. The lowest BCUT2D eigenvalue weighted by Gasteiger charge is -2.35. The van der Waals surface area contributed by atoms with Crippen LogP contribution in [-0.2, 0) is 9.59 Å². The van der Waals surface area contributed by atoms with E-state index in [1.807, 2.05) is 0 Å². The average Bonchev–Trinajstić information content (AvgIpc) is 3.14. The van der Waals surface area contributed by atoms with Crippen LogP contribution in [0.25, 0.3) is 0 Å². The van der Waals surface area contributed by atoms with Crippen molar-refractivity contribution in [3.8, 4) is 0 Å². The van der Waals surface area contributed by atoms with Crippen LogP contribution in [0.4, 0.5) is 0 Å². The Balaban J connectivity index is 1.79. The van der Waals surface area contributed by atoms with E-state index in [1.165, 1.54) is 12.8 Å². The SMILES string of the molecule is NC(=O)C1(NC(=O)CNCC2CC2)CCCCC1. The predicted molar refractivity (Wildman–Crippen MR) is 68.7 cm³/mol. The first-order chi connectivity index (χ1) is 8.62. The first kappa shape index (κ1) is 13.3. The lowest BCUT2D eigenvalue weighted by atomic mass is 9.81. The molecular formula is C13H23N3O2. The second kappa shape index (κ2) is 5.69. The molecule has 2 amide bonds. The van der Waals surface area contributed by atoms with Crippen LogP contribution in [-0.4, -0.2) is 30.4 Å². The van der Waals surface area contributed by atoms with E-state index in [1.54, 1.807) is 0 Å². The standard InChI is InChI=1S/C13H23N3O2/c14-12(18)13(6-2-1-3-7-13)16-11(17)9-15-8-10-4-5-10/h10,15H,1-9H2,(H2,14,18)(H,16,17). The minimum atomic E-state index is -0.795. The summed E-state index contributed by atoms with van der Waals surface area (Å²) in [7, 11) is 0. The Morgan fingerprint density at radius 2 is 1.83 bits per heavy atom. The number of hydrogen-bond donors (Lipinski definition) is 3. The van der Waals surface area contributed by atoms with Gasteiger partial charge in [-0.1, -0.05) is 19.3 Å². The molecule has 4 N–H and O–H groups in total. The molecule has 0 radical (unpaired) electrons. The van der Waals surface area contributed by atoms with Gasteiger partial charge in [-0.2, -0.15) is 0 Å². The molecule has 0 aromatic heterocycles. The fourth-order valence-corrected chi connectivity index (χ4v) is 2.61. The van der Waals surface area contributed by atoms with Crippen LogP contribution in [0.15, 0.2) is 0 Å². The van der Waals surface area contributed by atoms with E-state index >= 15 is 0 Å². The number of amides is 2. The monoisotopic (exact) mass is 253 g/mol. The van der Waals surface area contributed by atoms with Gasteiger partial charge in [0.25, 0.3) is 0 Å². The Labute approximate surface area is 108 Å². The number of carbonyl (C=O) groups excluding carboxylic acids is 2. The number of hydrogen-bond acceptors (Lipinski definition) is 3. The van der Waals surface area contributed by atoms with Crippen LogP contribution < -0.4 is 16.4 Å². The zero-order valence-corrected chi connectivity index (χ0v) is 10.8. The minimum absolute atomic E-state index is 0.114. The van der Waals surface area contributed by atoms with Crippen LogP contribution >= 0.6 is 0 Å². The average molecular weight is 253 g/mol. The van der Waals surface area contributed by atoms with Crippen LogP contribution in [0, 0.1) is 5.92 Å². The molecule has 0 bridgehead atoms. The van der Waals surface area contributed by atoms with Crippen LogP contribution in [0.2, 0.25) is 0 Å². The summed E-state index contributed by atoms with van der Waals surface area (Å²) < 4.78 is 0. The Morgan fingerprint density at radius 1 is 1.17 bits per heavy atom. The van der Waals surface area contributed by atoms with E-state index in [2.05, 4.69) is 10.6 Å². The zero-order valence-electron chi connectivity index (χ0n) is 10.8. The molecule has 2 rings (SSSR count). The Hall–Kier alpha value is -1.10. The van der Waals surface area contributed by atoms with E-state index in [9.17, 15) is 9.59 Å². The number of nitrogens with two attached hydrogens (primary N) is 1. The lowest BCUT2D eigenvalue weighted by Crippen LogP contribution is -2.59. The van der Waals surface area contributed by atoms with Crippen molar-refractivity contribution in [2.24, 2.45) is 11.7 Å². The minimum Gasteiger partial charge on any atom is -0.368 e. The van der Waals surface area contributed by atoms with Gasteiger partial charge in [0, 0.05) is 0 Å². The van der Waals surface area contributed by atoms with E-state index in [0.29, 0.717) is 12.8 Å². The normalized spacial score (nSPS) is 22.4. The summed E-state index contributed by atoms with van der Waals surface area (Å²) in [5, 5.41) is 5.98. The van der Waals surface area contributed by atoms with Gasteiger partial charge in [-0.25, -0.2) is 0 Å². The fraction of sp³-hybridized carbons (Fsp3) is 0.846. The Morgan fingerprint density at radius 3 is 2.39 bits per heavy atom. The summed E-state index contributed by atoms with van der Waals surface area (Å²) >= 11 is 0. The molecule has 5 nitrogen and oxygen atoms in total. The van der Waals surface area contributed by atoms with E-state index in [4.69, 9.17) is 5.73 Å². The summed E-state index contributed by atoms with van der Waals surface area (Å²) in [4.78, 5) is 23.4. The van der Waals surface area contributed by atoms with Gasteiger partial charge in [0.2, 0.25) is 11.8 Å². The smallest absolute Gasteiger partial charge is 0.243 e. The number of primary amides is 1. The molecule has 0 aromatic rings. The number of rotatable bonds is 6. The number of carbonyl (C=O) groups is 2. The van der Waals surface area contributed by atoms with Gasteiger partial charge in [-0.15, -0.1) is 0 Å². The molecule has 0 unspecified atom stereocenters. The largest absolute Gasteiger partial charge is 0.368 e. The molecule has 0 aromatic carbocycles.